The number of aryl methyl sites for hydroxylation is 1. The van der Waals surface area contributed by atoms with Gasteiger partial charge >= 0.3 is 0 Å². The van der Waals surface area contributed by atoms with Crippen LogP contribution in [-0.2, 0) is 21.2 Å². The molecule has 2 aromatic rings. The average Bonchev–Trinajstić information content (AvgIpc) is 3.16. The molecule has 25 heavy (non-hydrogen) atoms. The first-order valence-electron chi connectivity index (χ1n) is 8.03. The highest BCUT2D eigenvalue weighted by Gasteiger charge is 2.30. The Balaban J connectivity index is 1.54. The van der Waals surface area contributed by atoms with Gasteiger partial charge in [-0.15, -0.1) is 11.3 Å². The number of hydrogen-bond donors (Lipinski definition) is 0. The second-order valence-electron chi connectivity index (χ2n) is 5.81. The molecule has 0 aliphatic carbocycles. The van der Waals surface area contributed by atoms with E-state index in [2.05, 4.69) is 0 Å². The van der Waals surface area contributed by atoms with Crippen molar-refractivity contribution in [3.05, 3.63) is 53.2 Å². The van der Waals surface area contributed by atoms with Crippen LogP contribution in [0.5, 0.6) is 0 Å². The summed E-state index contributed by atoms with van der Waals surface area (Å²) in [6.07, 6.45) is 0.567. The van der Waals surface area contributed by atoms with Gasteiger partial charge in [0.1, 0.15) is 10.0 Å². The van der Waals surface area contributed by atoms with Crippen molar-refractivity contribution in [2.24, 2.45) is 0 Å². The van der Waals surface area contributed by atoms with Crippen molar-refractivity contribution >= 4 is 27.3 Å². The smallest absolute Gasteiger partial charge is 0.252 e. The van der Waals surface area contributed by atoms with E-state index >= 15 is 0 Å². The van der Waals surface area contributed by atoms with E-state index in [1.165, 1.54) is 21.7 Å². The third-order valence-electron chi connectivity index (χ3n) is 4.25. The molecular weight excluding hydrogens is 363 g/mol. The lowest BCUT2D eigenvalue weighted by Crippen LogP contribution is -2.50. The minimum absolute atomic E-state index is 0.0728. The van der Waals surface area contributed by atoms with Gasteiger partial charge in [-0.3, -0.25) is 4.79 Å². The van der Waals surface area contributed by atoms with Gasteiger partial charge in [-0.1, -0.05) is 24.3 Å². The van der Waals surface area contributed by atoms with E-state index in [0.29, 0.717) is 29.3 Å². The van der Waals surface area contributed by atoms with Gasteiger partial charge in [0.2, 0.25) is 5.91 Å². The van der Waals surface area contributed by atoms with Crippen LogP contribution in [0.1, 0.15) is 12.0 Å². The highest BCUT2D eigenvalue weighted by atomic mass is 32.2. The fourth-order valence-electron chi connectivity index (χ4n) is 2.82. The zero-order chi connectivity index (χ0) is 17.9. The van der Waals surface area contributed by atoms with E-state index in [1.54, 1.807) is 40.6 Å². The van der Waals surface area contributed by atoms with Gasteiger partial charge in [0.05, 0.1) is 0 Å². The maximum Gasteiger partial charge on any atom is 0.252 e. The van der Waals surface area contributed by atoms with Crippen LogP contribution in [0.4, 0.5) is 4.39 Å². The van der Waals surface area contributed by atoms with Gasteiger partial charge in [0.15, 0.2) is 0 Å². The topological polar surface area (TPSA) is 57.7 Å². The molecule has 0 unspecified atom stereocenters. The molecule has 1 fully saturated rings. The number of halogens is 1. The van der Waals surface area contributed by atoms with E-state index in [9.17, 15) is 17.6 Å². The number of amides is 1. The van der Waals surface area contributed by atoms with Crippen LogP contribution >= 0.6 is 11.3 Å². The number of sulfonamides is 1. The lowest BCUT2D eigenvalue weighted by atomic mass is 10.1. The van der Waals surface area contributed by atoms with Crippen LogP contribution in [0.2, 0.25) is 0 Å². The molecular formula is C17H19FN2O3S2. The SMILES string of the molecule is O=C(CCc1ccccc1F)N1CCN(S(=O)(=O)c2cccs2)CC1. The van der Waals surface area contributed by atoms with E-state index in [-0.39, 0.29) is 31.2 Å². The number of carbonyl (C=O) groups is 1. The highest BCUT2D eigenvalue weighted by Crippen LogP contribution is 2.22. The molecule has 0 N–H and O–H groups in total. The molecule has 0 bridgehead atoms. The van der Waals surface area contributed by atoms with Crippen LogP contribution < -0.4 is 0 Å². The molecule has 8 heteroatoms. The summed E-state index contributed by atoms with van der Waals surface area (Å²) in [7, 11) is -3.46. The first-order chi connectivity index (χ1) is 12.0. The number of benzene rings is 1. The Morgan fingerprint density at radius 3 is 2.44 bits per heavy atom. The van der Waals surface area contributed by atoms with Crippen molar-refractivity contribution in [3.8, 4) is 0 Å². The standard InChI is InChI=1S/C17H19FN2O3S2/c18-15-5-2-1-4-14(15)7-8-16(21)19-9-11-20(12-10-19)25(22,23)17-6-3-13-24-17/h1-6,13H,7-12H2. The molecule has 0 saturated carbocycles. The molecule has 5 nitrogen and oxygen atoms in total. The van der Waals surface area contributed by atoms with Crippen molar-refractivity contribution < 1.29 is 17.6 Å². The van der Waals surface area contributed by atoms with Gasteiger partial charge in [-0.2, -0.15) is 4.31 Å². The highest BCUT2D eigenvalue weighted by molar-refractivity contribution is 7.91. The molecule has 1 saturated heterocycles. The van der Waals surface area contributed by atoms with Crippen molar-refractivity contribution in [2.45, 2.75) is 17.1 Å². The van der Waals surface area contributed by atoms with E-state index in [1.807, 2.05) is 0 Å². The van der Waals surface area contributed by atoms with Crippen LogP contribution in [-0.4, -0.2) is 49.7 Å². The number of rotatable bonds is 5. The molecule has 1 aromatic heterocycles. The van der Waals surface area contributed by atoms with Crippen molar-refractivity contribution in [1.82, 2.24) is 9.21 Å². The largest absolute Gasteiger partial charge is 0.340 e. The van der Waals surface area contributed by atoms with Crippen LogP contribution in [0.25, 0.3) is 0 Å². The number of nitrogens with zero attached hydrogens (tertiary/aromatic N) is 2. The number of piperazine rings is 1. The summed E-state index contributed by atoms with van der Waals surface area (Å²) < 4.78 is 40.3. The lowest BCUT2D eigenvalue weighted by Gasteiger charge is -2.33. The molecule has 3 rings (SSSR count). The van der Waals surface area contributed by atoms with Gasteiger partial charge < -0.3 is 4.90 Å². The third-order valence-corrected chi connectivity index (χ3v) is 7.52. The monoisotopic (exact) mass is 382 g/mol. The second kappa shape index (κ2) is 7.63. The summed E-state index contributed by atoms with van der Waals surface area (Å²) in [5.74, 6) is -0.376. The molecule has 0 spiro atoms. The molecule has 1 aliphatic rings. The van der Waals surface area contributed by atoms with Crippen molar-refractivity contribution in [2.75, 3.05) is 26.2 Å². The Hall–Kier alpha value is -1.77. The summed E-state index contributed by atoms with van der Waals surface area (Å²) in [5.41, 5.74) is 0.523. The molecule has 0 atom stereocenters. The Morgan fingerprint density at radius 1 is 1.08 bits per heavy atom. The zero-order valence-corrected chi connectivity index (χ0v) is 15.2. The normalized spacial score (nSPS) is 16.1. The number of thiophene rings is 1. The minimum atomic E-state index is -3.46. The molecule has 134 valence electrons. The van der Waals surface area contributed by atoms with E-state index < -0.39 is 10.0 Å². The first kappa shape index (κ1) is 18.0. The van der Waals surface area contributed by atoms with Crippen molar-refractivity contribution in [1.29, 1.82) is 0 Å². The first-order valence-corrected chi connectivity index (χ1v) is 10.4. The summed E-state index contributed by atoms with van der Waals surface area (Å²) in [4.78, 5) is 14.0. The van der Waals surface area contributed by atoms with Gasteiger partial charge in [0, 0.05) is 32.6 Å². The second-order valence-corrected chi connectivity index (χ2v) is 8.92. The maximum absolute atomic E-state index is 13.6. The predicted octanol–water partition coefficient (Wildman–Crippen LogP) is 2.35. The van der Waals surface area contributed by atoms with Gasteiger partial charge in [0.25, 0.3) is 10.0 Å². The molecule has 0 radical (unpaired) electrons. The fourth-order valence-corrected chi connectivity index (χ4v) is 5.38. The van der Waals surface area contributed by atoms with Gasteiger partial charge in [-0.25, -0.2) is 12.8 Å². The fraction of sp³-hybridized carbons (Fsp3) is 0.353. The predicted molar refractivity (Wildman–Crippen MR) is 94.4 cm³/mol. The van der Waals surface area contributed by atoms with E-state index in [0.717, 1.165) is 0 Å². The van der Waals surface area contributed by atoms with Gasteiger partial charge in [-0.05, 0) is 29.5 Å². The third kappa shape index (κ3) is 4.08. The summed E-state index contributed by atoms with van der Waals surface area (Å²) in [6, 6.07) is 9.72. The maximum atomic E-state index is 13.6. The van der Waals surface area contributed by atoms with Crippen LogP contribution in [0.15, 0.2) is 46.0 Å². The zero-order valence-electron chi connectivity index (χ0n) is 13.6. The minimum Gasteiger partial charge on any atom is -0.340 e. The summed E-state index contributed by atoms with van der Waals surface area (Å²) >= 11 is 1.19. The number of hydrogen-bond acceptors (Lipinski definition) is 4. The Kier molecular flexibility index (Phi) is 5.51. The lowest BCUT2D eigenvalue weighted by molar-refractivity contribution is -0.132. The Morgan fingerprint density at radius 2 is 1.80 bits per heavy atom. The number of carbonyl (C=O) groups excluding carboxylic acids is 1. The molecule has 1 amide bonds. The molecule has 2 heterocycles. The quantitative estimate of drug-likeness (QED) is 0.798. The van der Waals surface area contributed by atoms with Crippen molar-refractivity contribution in [3.63, 3.8) is 0 Å². The summed E-state index contributed by atoms with van der Waals surface area (Å²) in [6.45, 7) is 1.29. The molecule has 1 aromatic carbocycles. The Labute approximate surface area is 150 Å². The average molecular weight is 382 g/mol. The van der Waals surface area contributed by atoms with E-state index in [4.69, 9.17) is 0 Å². The molecule has 1 aliphatic heterocycles. The summed E-state index contributed by atoms with van der Waals surface area (Å²) in [5, 5.41) is 1.73. The van der Waals surface area contributed by atoms with Crippen LogP contribution in [0.3, 0.4) is 0 Å². The van der Waals surface area contributed by atoms with Crippen LogP contribution in [0, 0.1) is 5.82 Å². The Bertz CT molecular complexity index is 829.